The molecule has 2 rings (SSSR count). The van der Waals surface area contributed by atoms with E-state index in [1.165, 1.54) is 21.3 Å². The van der Waals surface area contributed by atoms with Gasteiger partial charge >= 0.3 is 0 Å². The normalized spacial score (nSPS) is 10.3. The number of hydrogen-bond acceptors (Lipinski definition) is 5. The number of carbonyl (C=O) groups excluding carboxylic acids is 1. The molecule has 0 radical (unpaired) electrons. The van der Waals surface area contributed by atoms with Gasteiger partial charge in [-0.15, -0.1) is 0 Å². The zero-order valence-corrected chi connectivity index (χ0v) is 15.2. The van der Waals surface area contributed by atoms with Crippen LogP contribution in [-0.2, 0) is 6.42 Å². The minimum Gasteiger partial charge on any atom is -0.493 e. The second kappa shape index (κ2) is 7.79. The highest BCUT2D eigenvalue weighted by Gasteiger charge is 2.18. The van der Waals surface area contributed by atoms with Crippen LogP contribution in [0.4, 0.5) is 11.4 Å². The summed E-state index contributed by atoms with van der Waals surface area (Å²) in [6.45, 7) is 3.93. The monoisotopic (exact) mass is 344 g/mol. The first-order valence-electron chi connectivity index (χ1n) is 7.95. The second-order valence-electron chi connectivity index (χ2n) is 5.59. The Balaban J connectivity index is 2.43. The molecule has 0 saturated carbocycles. The summed E-state index contributed by atoms with van der Waals surface area (Å²) in [7, 11) is 4.54. The predicted octanol–water partition coefficient (Wildman–Crippen LogP) is 3.42. The lowest BCUT2D eigenvalue weighted by atomic mass is 10.0. The first-order chi connectivity index (χ1) is 11.9. The molecule has 0 unspecified atom stereocenters. The van der Waals surface area contributed by atoms with E-state index < -0.39 is 0 Å². The Bertz CT molecular complexity index is 762. The van der Waals surface area contributed by atoms with E-state index in [0.29, 0.717) is 28.5 Å². The number of anilines is 2. The molecule has 0 fully saturated rings. The molecular formula is C19H24N2O4. The van der Waals surface area contributed by atoms with Crippen molar-refractivity contribution >= 4 is 17.3 Å². The molecule has 0 atom stereocenters. The van der Waals surface area contributed by atoms with E-state index in [1.807, 2.05) is 26.0 Å². The number of aryl methyl sites for hydroxylation is 2. The van der Waals surface area contributed by atoms with Crippen molar-refractivity contribution in [2.75, 3.05) is 32.4 Å². The first kappa shape index (κ1) is 18.4. The molecule has 25 heavy (non-hydrogen) atoms. The summed E-state index contributed by atoms with van der Waals surface area (Å²) in [5.74, 6) is 1.04. The summed E-state index contributed by atoms with van der Waals surface area (Å²) in [4.78, 5) is 12.8. The van der Waals surface area contributed by atoms with E-state index in [1.54, 1.807) is 12.1 Å². The lowest BCUT2D eigenvalue weighted by Crippen LogP contribution is -2.15. The van der Waals surface area contributed by atoms with Crippen molar-refractivity contribution in [2.24, 2.45) is 0 Å². The highest BCUT2D eigenvalue weighted by Crippen LogP contribution is 2.38. The third-order valence-corrected chi connectivity index (χ3v) is 3.99. The van der Waals surface area contributed by atoms with Gasteiger partial charge in [0.2, 0.25) is 5.75 Å². The minimum atomic E-state index is -0.262. The zero-order valence-electron chi connectivity index (χ0n) is 15.2. The van der Waals surface area contributed by atoms with Crippen molar-refractivity contribution in [2.45, 2.75) is 20.3 Å². The molecule has 0 aliphatic heterocycles. The van der Waals surface area contributed by atoms with Gasteiger partial charge in [0.05, 0.1) is 21.3 Å². The lowest BCUT2D eigenvalue weighted by Gasteiger charge is -2.16. The molecule has 0 spiro atoms. The number of hydrogen-bond donors (Lipinski definition) is 2. The van der Waals surface area contributed by atoms with Gasteiger partial charge in [-0.05, 0) is 48.7 Å². The maximum atomic E-state index is 12.8. The number of rotatable bonds is 6. The predicted molar refractivity (Wildman–Crippen MR) is 99.0 cm³/mol. The number of amides is 1. The molecule has 2 aromatic rings. The number of nitrogens with one attached hydrogen (secondary N) is 1. The minimum absolute atomic E-state index is 0.262. The van der Waals surface area contributed by atoms with E-state index in [-0.39, 0.29) is 5.91 Å². The molecule has 6 heteroatoms. The van der Waals surface area contributed by atoms with Gasteiger partial charge in [0, 0.05) is 16.9 Å². The van der Waals surface area contributed by atoms with Gasteiger partial charge in [0.15, 0.2) is 11.5 Å². The van der Waals surface area contributed by atoms with Crippen LogP contribution in [0.1, 0.15) is 28.4 Å². The van der Waals surface area contributed by atoms with Crippen LogP contribution in [0, 0.1) is 6.92 Å². The maximum absolute atomic E-state index is 12.8. The Labute approximate surface area is 147 Å². The van der Waals surface area contributed by atoms with Crippen LogP contribution >= 0.6 is 0 Å². The van der Waals surface area contributed by atoms with Crippen molar-refractivity contribution in [3.05, 3.63) is 41.0 Å². The van der Waals surface area contributed by atoms with E-state index in [4.69, 9.17) is 19.9 Å². The standard InChI is InChI=1S/C19H24N2O4/c1-6-12-8-14(20)7-11(2)17(12)21-19(22)13-9-15(23-3)18(25-5)16(10-13)24-4/h7-10H,6,20H2,1-5H3,(H,21,22). The number of nitrogens with two attached hydrogens (primary N) is 1. The number of methoxy groups -OCH3 is 3. The van der Waals surface area contributed by atoms with Crippen LogP contribution in [0.2, 0.25) is 0 Å². The summed E-state index contributed by atoms with van der Waals surface area (Å²) in [5.41, 5.74) is 9.66. The van der Waals surface area contributed by atoms with E-state index in [9.17, 15) is 4.79 Å². The fraction of sp³-hybridized carbons (Fsp3) is 0.316. The Hall–Kier alpha value is -2.89. The SMILES string of the molecule is CCc1cc(N)cc(C)c1NC(=O)c1cc(OC)c(OC)c(OC)c1. The molecule has 0 aliphatic carbocycles. The molecule has 3 N–H and O–H groups in total. The molecule has 2 aromatic carbocycles. The van der Waals surface area contributed by atoms with E-state index >= 15 is 0 Å². The maximum Gasteiger partial charge on any atom is 0.255 e. The number of benzene rings is 2. The fourth-order valence-corrected chi connectivity index (χ4v) is 2.75. The summed E-state index contributed by atoms with van der Waals surface area (Å²) in [6.07, 6.45) is 0.761. The van der Waals surface area contributed by atoms with Crippen molar-refractivity contribution in [3.63, 3.8) is 0 Å². The zero-order chi connectivity index (χ0) is 18.6. The fourth-order valence-electron chi connectivity index (χ4n) is 2.75. The van der Waals surface area contributed by atoms with Gasteiger partial charge in [0.25, 0.3) is 5.91 Å². The molecule has 6 nitrogen and oxygen atoms in total. The second-order valence-corrected chi connectivity index (χ2v) is 5.59. The number of carbonyl (C=O) groups is 1. The topological polar surface area (TPSA) is 82.8 Å². The molecule has 0 aliphatic rings. The Morgan fingerprint density at radius 2 is 1.64 bits per heavy atom. The average molecular weight is 344 g/mol. The van der Waals surface area contributed by atoms with E-state index in [2.05, 4.69) is 5.32 Å². The Morgan fingerprint density at radius 3 is 2.12 bits per heavy atom. The van der Waals surface area contributed by atoms with Crippen LogP contribution in [-0.4, -0.2) is 27.2 Å². The smallest absolute Gasteiger partial charge is 0.255 e. The van der Waals surface area contributed by atoms with Crippen molar-refractivity contribution in [3.8, 4) is 17.2 Å². The summed E-state index contributed by atoms with van der Waals surface area (Å²) in [6, 6.07) is 6.95. The number of ether oxygens (including phenoxy) is 3. The van der Waals surface area contributed by atoms with Crippen molar-refractivity contribution in [1.82, 2.24) is 0 Å². The summed E-state index contributed by atoms with van der Waals surface area (Å²) in [5, 5.41) is 2.97. The van der Waals surface area contributed by atoms with Crippen molar-refractivity contribution < 1.29 is 19.0 Å². The molecule has 0 bridgehead atoms. The van der Waals surface area contributed by atoms with Crippen LogP contribution in [0.5, 0.6) is 17.2 Å². The highest BCUT2D eigenvalue weighted by molar-refractivity contribution is 6.06. The third kappa shape index (κ3) is 3.79. The Kier molecular flexibility index (Phi) is 5.75. The number of nitrogen functional groups attached to an aromatic ring is 1. The molecule has 0 saturated heterocycles. The molecule has 1 amide bonds. The summed E-state index contributed by atoms with van der Waals surface area (Å²) >= 11 is 0. The Morgan fingerprint density at radius 1 is 1.04 bits per heavy atom. The molecular weight excluding hydrogens is 320 g/mol. The molecule has 0 heterocycles. The van der Waals surface area contributed by atoms with Crippen LogP contribution in [0.15, 0.2) is 24.3 Å². The molecule has 0 aromatic heterocycles. The average Bonchev–Trinajstić information content (AvgIpc) is 2.61. The summed E-state index contributed by atoms with van der Waals surface area (Å²) < 4.78 is 15.9. The highest BCUT2D eigenvalue weighted by atomic mass is 16.5. The van der Waals surface area contributed by atoms with Crippen LogP contribution in [0.25, 0.3) is 0 Å². The van der Waals surface area contributed by atoms with E-state index in [0.717, 1.165) is 23.2 Å². The van der Waals surface area contributed by atoms with Crippen LogP contribution < -0.4 is 25.3 Å². The van der Waals surface area contributed by atoms with Gasteiger partial charge in [-0.1, -0.05) is 6.92 Å². The quantitative estimate of drug-likeness (QED) is 0.785. The van der Waals surface area contributed by atoms with Gasteiger partial charge in [0.1, 0.15) is 0 Å². The first-order valence-corrected chi connectivity index (χ1v) is 7.95. The molecule has 134 valence electrons. The van der Waals surface area contributed by atoms with Gasteiger partial charge in [-0.3, -0.25) is 4.79 Å². The largest absolute Gasteiger partial charge is 0.493 e. The third-order valence-electron chi connectivity index (χ3n) is 3.99. The van der Waals surface area contributed by atoms with Gasteiger partial charge < -0.3 is 25.3 Å². The van der Waals surface area contributed by atoms with Gasteiger partial charge in [-0.25, -0.2) is 0 Å². The van der Waals surface area contributed by atoms with Crippen LogP contribution in [0.3, 0.4) is 0 Å². The van der Waals surface area contributed by atoms with Gasteiger partial charge in [-0.2, -0.15) is 0 Å². The lowest BCUT2D eigenvalue weighted by molar-refractivity contribution is 0.102. The van der Waals surface area contributed by atoms with Crippen molar-refractivity contribution in [1.29, 1.82) is 0 Å².